The zero-order valence-electron chi connectivity index (χ0n) is 10.00. The van der Waals surface area contributed by atoms with Gasteiger partial charge in [-0.15, -0.1) is 0 Å². The van der Waals surface area contributed by atoms with Gasteiger partial charge in [-0.05, 0) is 18.2 Å². The van der Waals surface area contributed by atoms with Crippen LogP contribution in [0.2, 0.25) is 0 Å². The van der Waals surface area contributed by atoms with Crippen LogP contribution >= 0.6 is 0 Å². The van der Waals surface area contributed by atoms with E-state index in [1.54, 1.807) is 6.07 Å². The molecule has 0 unspecified atom stereocenters. The smallest absolute Gasteiger partial charge is 0.262 e. The lowest BCUT2D eigenvalue weighted by molar-refractivity contribution is -0.118. The van der Waals surface area contributed by atoms with E-state index in [2.05, 4.69) is 5.32 Å². The highest BCUT2D eigenvalue weighted by Gasteiger charge is 2.35. The van der Waals surface area contributed by atoms with Gasteiger partial charge in [-0.3, -0.25) is 4.79 Å². The molecule has 2 heterocycles. The minimum absolute atomic E-state index is 0.0555. The number of rotatable bonds is 2. The molecule has 1 fully saturated rings. The van der Waals surface area contributed by atoms with Crippen molar-refractivity contribution in [1.82, 2.24) is 4.31 Å². The molecule has 0 atom stereocenters. The zero-order valence-corrected chi connectivity index (χ0v) is 10.8. The van der Waals surface area contributed by atoms with Gasteiger partial charge in [0.1, 0.15) is 5.75 Å². The van der Waals surface area contributed by atoms with Crippen molar-refractivity contribution in [3.63, 3.8) is 0 Å². The third-order valence-corrected chi connectivity index (χ3v) is 4.93. The lowest BCUT2D eigenvalue weighted by Crippen LogP contribution is -2.57. The summed E-state index contributed by atoms with van der Waals surface area (Å²) >= 11 is 0. The van der Waals surface area contributed by atoms with Crippen LogP contribution in [0.15, 0.2) is 23.1 Å². The van der Waals surface area contributed by atoms with Gasteiger partial charge in [-0.25, -0.2) is 8.42 Å². The van der Waals surface area contributed by atoms with E-state index < -0.39 is 10.0 Å². The minimum atomic E-state index is -3.54. The number of sulfonamides is 1. The Labute approximate surface area is 110 Å². The van der Waals surface area contributed by atoms with Gasteiger partial charge in [0.25, 0.3) is 5.91 Å². The number of amides is 1. The van der Waals surface area contributed by atoms with E-state index >= 15 is 0 Å². The lowest BCUT2D eigenvalue weighted by Gasteiger charge is -2.35. The first-order valence-corrected chi connectivity index (χ1v) is 7.23. The van der Waals surface area contributed by atoms with Crippen molar-refractivity contribution in [2.75, 3.05) is 25.0 Å². The van der Waals surface area contributed by atoms with Crippen LogP contribution < -0.4 is 15.8 Å². The molecule has 1 amide bonds. The molecule has 0 spiro atoms. The van der Waals surface area contributed by atoms with Gasteiger partial charge in [-0.2, -0.15) is 4.31 Å². The van der Waals surface area contributed by atoms with Crippen LogP contribution in [0.25, 0.3) is 0 Å². The standard InChI is InChI=1S/C11H13N3O4S/c12-7-4-14(5-7)19(16,17)8-1-2-10-9(3-8)13-11(15)6-18-10/h1-3,7H,4-6,12H2,(H,13,15). The average molecular weight is 283 g/mol. The average Bonchev–Trinajstić information content (AvgIpc) is 2.34. The van der Waals surface area contributed by atoms with Crippen molar-refractivity contribution in [2.45, 2.75) is 10.9 Å². The first-order valence-electron chi connectivity index (χ1n) is 5.79. The van der Waals surface area contributed by atoms with E-state index in [4.69, 9.17) is 10.5 Å². The highest BCUT2D eigenvalue weighted by Crippen LogP contribution is 2.31. The monoisotopic (exact) mass is 283 g/mol. The SMILES string of the molecule is NC1CN(S(=O)(=O)c2ccc3c(c2)NC(=O)CO3)C1. The second-order valence-electron chi connectivity index (χ2n) is 4.58. The van der Waals surface area contributed by atoms with Crippen molar-refractivity contribution in [2.24, 2.45) is 5.73 Å². The second-order valence-corrected chi connectivity index (χ2v) is 6.51. The zero-order chi connectivity index (χ0) is 13.6. The molecule has 3 N–H and O–H groups in total. The fraction of sp³-hybridized carbons (Fsp3) is 0.364. The summed E-state index contributed by atoms with van der Waals surface area (Å²) in [4.78, 5) is 11.3. The number of benzene rings is 1. The molecule has 8 heteroatoms. The summed E-state index contributed by atoms with van der Waals surface area (Å²) < 4.78 is 31.0. The van der Waals surface area contributed by atoms with Crippen LogP contribution in [0.3, 0.4) is 0 Å². The predicted octanol–water partition coefficient (Wildman–Crippen LogP) is -0.651. The van der Waals surface area contributed by atoms with E-state index in [0.717, 1.165) is 0 Å². The molecule has 1 saturated heterocycles. The molecule has 102 valence electrons. The summed E-state index contributed by atoms with van der Waals surface area (Å²) in [5.41, 5.74) is 5.97. The Hall–Kier alpha value is -1.64. The number of anilines is 1. The highest BCUT2D eigenvalue weighted by molar-refractivity contribution is 7.89. The maximum absolute atomic E-state index is 12.2. The molecule has 0 bridgehead atoms. The first kappa shape index (κ1) is 12.4. The number of ether oxygens (including phenoxy) is 1. The normalized spacial score (nSPS) is 20.2. The third-order valence-electron chi connectivity index (χ3n) is 3.10. The Morgan fingerprint density at radius 1 is 1.37 bits per heavy atom. The van der Waals surface area contributed by atoms with E-state index in [9.17, 15) is 13.2 Å². The summed E-state index contributed by atoms with van der Waals surface area (Å²) in [6.07, 6.45) is 0. The van der Waals surface area contributed by atoms with Gasteiger partial charge in [0.2, 0.25) is 10.0 Å². The molecule has 2 aliphatic heterocycles. The van der Waals surface area contributed by atoms with Crippen LogP contribution in [0.1, 0.15) is 0 Å². The number of carbonyl (C=O) groups excluding carboxylic acids is 1. The number of nitrogens with zero attached hydrogens (tertiary/aromatic N) is 1. The number of hydrogen-bond donors (Lipinski definition) is 2. The van der Waals surface area contributed by atoms with Gasteiger partial charge in [0.15, 0.2) is 6.61 Å². The predicted molar refractivity (Wildman–Crippen MR) is 67.3 cm³/mol. The van der Waals surface area contributed by atoms with Gasteiger partial charge in [0.05, 0.1) is 10.6 Å². The Balaban J connectivity index is 1.94. The quantitative estimate of drug-likeness (QED) is 0.751. The molecule has 2 aliphatic rings. The summed E-state index contributed by atoms with van der Waals surface area (Å²) in [6.45, 7) is 0.588. The number of carbonyl (C=O) groups is 1. The topological polar surface area (TPSA) is 102 Å². The van der Waals surface area contributed by atoms with Crippen molar-refractivity contribution in [1.29, 1.82) is 0 Å². The molecule has 1 aromatic rings. The van der Waals surface area contributed by atoms with Crippen LogP contribution in [-0.4, -0.2) is 44.4 Å². The van der Waals surface area contributed by atoms with E-state index in [0.29, 0.717) is 24.5 Å². The molecular formula is C11H13N3O4S. The second kappa shape index (κ2) is 4.19. The van der Waals surface area contributed by atoms with Gasteiger partial charge in [0, 0.05) is 19.1 Å². The molecule has 0 saturated carbocycles. The Bertz CT molecular complexity index is 637. The van der Waals surface area contributed by atoms with E-state index in [1.807, 2.05) is 0 Å². The molecule has 7 nitrogen and oxygen atoms in total. The number of nitrogens with two attached hydrogens (primary N) is 1. The minimum Gasteiger partial charge on any atom is -0.482 e. The van der Waals surface area contributed by atoms with Crippen molar-refractivity contribution >= 4 is 21.6 Å². The van der Waals surface area contributed by atoms with Crippen molar-refractivity contribution in [3.8, 4) is 5.75 Å². The van der Waals surface area contributed by atoms with Crippen LogP contribution in [-0.2, 0) is 14.8 Å². The van der Waals surface area contributed by atoms with Crippen molar-refractivity contribution in [3.05, 3.63) is 18.2 Å². The van der Waals surface area contributed by atoms with Crippen molar-refractivity contribution < 1.29 is 17.9 Å². The number of fused-ring (bicyclic) bond motifs is 1. The van der Waals surface area contributed by atoms with Gasteiger partial charge in [-0.1, -0.05) is 0 Å². The molecule has 19 heavy (non-hydrogen) atoms. The third kappa shape index (κ3) is 2.07. The molecule has 0 aromatic heterocycles. The van der Waals surface area contributed by atoms with Gasteiger partial charge >= 0.3 is 0 Å². The van der Waals surface area contributed by atoms with Crippen LogP contribution in [0, 0.1) is 0 Å². The fourth-order valence-corrected chi connectivity index (χ4v) is 3.62. The molecule has 3 rings (SSSR count). The molecular weight excluding hydrogens is 270 g/mol. The highest BCUT2D eigenvalue weighted by atomic mass is 32.2. The maximum Gasteiger partial charge on any atom is 0.262 e. The first-order chi connectivity index (χ1) is 8.96. The molecule has 1 aromatic carbocycles. The Morgan fingerprint density at radius 3 is 2.79 bits per heavy atom. The van der Waals surface area contributed by atoms with Crippen LogP contribution in [0.4, 0.5) is 5.69 Å². The summed E-state index contributed by atoms with van der Waals surface area (Å²) in [5.74, 6) is 0.173. The summed E-state index contributed by atoms with van der Waals surface area (Å²) in [7, 11) is -3.54. The molecule has 0 aliphatic carbocycles. The Kier molecular flexibility index (Phi) is 2.73. The summed E-state index contributed by atoms with van der Waals surface area (Å²) in [6, 6.07) is 4.32. The summed E-state index contributed by atoms with van der Waals surface area (Å²) in [5, 5.41) is 2.58. The number of nitrogens with one attached hydrogen (secondary N) is 1. The fourth-order valence-electron chi connectivity index (χ4n) is 2.04. The lowest BCUT2D eigenvalue weighted by atomic mass is 10.2. The van der Waals surface area contributed by atoms with Crippen LogP contribution in [0.5, 0.6) is 5.75 Å². The molecule has 0 radical (unpaired) electrons. The number of hydrogen-bond acceptors (Lipinski definition) is 5. The van der Waals surface area contributed by atoms with E-state index in [1.165, 1.54) is 16.4 Å². The van der Waals surface area contributed by atoms with E-state index in [-0.39, 0.29) is 23.5 Å². The largest absolute Gasteiger partial charge is 0.482 e. The Morgan fingerprint density at radius 2 is 2.11 bits per heavy atom. The van der Waals surface area contributed by atoms with Gasteiger partial charge < -0.3 is 15.8 Å². The maximum atomic E-state index is 12.2.